The van der Waals surface area contributed by atoms with E-state index in [9.17, 15) is 9.59 Å². The fourth-order valence-corrected chi connectivity index (χ4v) is 5.27. The Morgan fingerprint density at radius 2 is 1.88 bits per heavy atom. The van der Waals surface area contributed by atoms with E-state index < -0.39 is 5.97 Å². The maximum atomic E-state index is 13.1. The molecule has 0 bridgehead atoms. The van der Waals surface area contributed by atoms with Crippen LogP contribution in [-0.4, -0.2) is 28.2 Å². The average molecular weight is 482 g/mol. The zero-order valence-electron chi connectivity index (χ0n) is 17.3. The van der Waals surface area contributed by atoms with E-state index in [2.05, 4.69) is 0 Å². The number of carbonyl (C=O) groups is 2. The third-order valence-corrected chi connectivity index (χ3v) is 7.08. The van der Waals surface area contributed by atoms with E-state index >= 15 is 0 Å². The number of thiocarbonyl (C=S) groups is 1. The third kappa shape index (κ3) is 4.62. The van der Waals surface area contributed by atoms with E-state index in [0.717, 1.165) is 11.1 Å². The standard InChI is InChI=1S/C24H19NO4S3/c1-15(17-7-4-3-5-8-17)25-22(26)21(32-24(25)30)14-16-10-11-18(19(13-16)28-2)29-23(27)20-9-6-12-31-20/h3-15H,1-2H3/b21-14+. The van der Waals surface area contributed by atoms with Crippen LogP contribution in [0.25, 0.3) is 6.08 Å². The molecule has 4 rings (SSSR count). The SMILES string of the molecule is COc1cc(/C=C2/SC(=S)N(C(C)c3ccccc3)C2=O)ccc1OC(=O)c1cccs1. The van der Waals surface area contributed by atoms with Crippen molar-refractivity contribution in [1.82, 2.24) is 4.90 Å². The second-order valence-electron chi connectivity index (χ2n) is 6.92. The summed E-state index contributed by atoms with van der Waals surface area (Å²) in [6.07, 6.45) is 1.77. The first kappa shape index (κ1) is 22.3. The topological polar surface area (TPSA) is 55.8 Å². The van der Waals surface area contributed by atoms with E-state index in [0.29, 0.717) is 25.6 Å². The molecular weight excluding hydrogens is 462 g/mol. The van der Waals surface area contributed by atoms with Gasteiger partial charge in [-0.15, -0.1) is 11.3 Å². The molecule has 2 aromatic carbocycles. The van der Waals surface area contributed by atoms with Crippen molar-refractivity contribution in [1.29, 1.82) is 0 Å². The van der Waals surface area contributed by atoms with Gasteiger partial charge >= 0.3 is 5.97 Å². The number of hydrogen-bond acceptors (Lipinski definition) is 7. The Morgan fingerprint density at radius 3 is 2.56 bits per heavy atom. The summed E-state index contributed by atoms with van der Waals surface area (Å²) in [5, 5.41) is 1.81. The Bertz CT molecular complexity index is 1190. The molecule has 3 aromatic rings. The Hall–Kier alpha value is -2.94. The first-order chi connectivity index (χ1) is 15.5. The van der Waals surface area contributed by atoms with E-state index in [1.807, 2.05) is 42.6 Å². The van der Waals surface area contributed by atoms with Crippen LogP contribution in [0.5, 0.6) is 11.5 Å². The summed E-state index contributed by atoms with van der Waals surface area (Å²) in [6.45, 7) is 1.96. The largest absolute Gasteiger partial charge is 0.493 e. The van der Waals surface area contributed by atoms with E-state index in [1.54, 1.807) is 41.3 Å². The predicted molar refractivity (Wildman–Crippen MR) is 132 cm³/mol. The molecule has 1 unspecified atom stereocenters. The van der Waals surface area contributed by atoms with Gasteiger partial charge in [0.1, 0.15) is 9.20 Å². The number of thiophene rings is 1. The molecule has 2 heterocycles. The highest BCUT2D eigenvalue weighted by atomic mass is 32.2. The van der Waals surface area contributed by atoms with E-state index in [4.69, 9.17) is 21.7 Å². The molecule has 0 spiro atoms. The first-order valence-corrected chi connectivity index (χ1v) is 11.8. The van der Waals surface area contributed by atoms with Crippen LogP contribution in [0.2, 0.25) is 0 Å². The molecule has 1 saturated heterocycles. The molecule has 162 valence electrons. The number of nitrogens with zero attached hydrogens (tertiary/aromatic N) is 1. The van der Waals surface area contributed by atoms with Crippen LogP contribution in [-0.2, 0) is 4.79 Å². The van der Waals surface area contributed by atoms with Gasteiger partial charge in [-0.2, -0.15) is 0 Å². The summed E-state index contributed by atoms with van der Waals surface area (Å²) >= 11 is 8.07. The van der Waals surface area contributed by atoms with Gasteiger partial charge in [0, 0.05) is 0 Å². The van der Waals surface area contributed by atoms with Gasteiger partial charge in [-0.3, -0.25) is 9.69 Å². The average Bonchev–Trinajstić information content (AvgIpc) is 3.43. The van der Waals surface area contributed by atoms with Crippen LogP contribution in [0.3, 0.4) is 0 Å². The molecule has 0 radical (unpaired) electrons. The Kier molecular flexibility index (Phi) is 6.74. The molecule has 1 aromatic heterocycles. The molecule has 1 atom stereocenters. The van der Waals surface area contributed by atoms with Crippen molar-refractivity contribution in [2.45, 2.75) is 13.0 Å². The second kappa shape index (κ2) is 9.68. The lowest BCUT2D eigenvalue weighted by Gasteiger charge is -2.23. The summed E-state index contributed by atoms with van der Waals surface area (Å²) in [5.41, 5.74) is 1.76. The molecule has 0 saturated carbocycles. The van der Waals surface area contributed by atoms with Crippen LogP contribution in [0, 0.1) is 0 Å². The molecule has 0 aliphatic carbocycles. The summed E-state index contributed by atoms with van der Waals surface area (Å²) < 4.78 is 11.4. The molecule has 1 aliphatic heterocycles. The normalized spacial score (nSPS) is 15.8. The monoisotopic (exact) mass is 481 g/mol. The van der Waals surface area contributed by atoms with Gasteiger partial charge in [0.25, 0.3) is 5.91 Å². The van der Waals surface area contributed by atoms with Crippen molar-refractivity contribution in [2.24, 2.45) is 0 Å². The Balaban J connectivity index is 1.55. The van der Waals surface area contributed by atoms with Crippen molar-refractivity contribution >= 4 is 57.6 Å². The lowest BCUT2D eigenvalue weighted by Crippen LogP contribution is -2.30. The van der Waals surface area contributed by atoms with E-state index in [1.165, 1.54) is 30.2 Å². The molecule has 5 nitrogen and oxygen atoms in total. The lowest BCUT2D eigenvalue weighted by atomic mass is 10.1. The minimum atomic E-state index is -0.443. The van der Waals surface area contributed by atoms with Gasteiger partial charge in [0.2, 0.25) is 0 Å². The minimum absolute atomic E-state index is 0.136. The van der Waals surface area contributed by atoms with Gasteiger partial charge in [0.05, 0.1) is 18.1 Å². The zero-order valence-corrected chi connectivity index (χ0v) is 19.8. The molecule has 1 amide bonds. The number of ether oxygens (including phenoxy) is 2. The second-order valence-corrected chi connectivity index (χ2v) is 9.54. The summed E-state index contributed by atoms with van der Waals surface area (Å²) in [5.74, 6) is 0.135. The number of benzene rings is 2. The number of carbonyl (C=O) groups excluding carboxylic acids is 2. The fraction of sp³-hybridized carbons (Fsp3) is 0.125. The zero-order chi connectivity index (χ0) is 22.7. The molecule has 0 N–H and O–H groups in total. The number of thioether (sulfide) groups is 1. The first-order valence-electron chi connectivity index (χ1n) is 9.73. The van der Waals surface area contributed by atoms with Crippen LogP contribution < -0.4 is 9.47 Å². The molecular formula is C24H19NO4S3. The quantitative estimate of drug-likeness (QED) is 0.188. The van der Waals surface area contributed by atoms with Gasteiger partial charge < -0.3 is 9.47 Å². The van der Waals surface area contributed by atoms with Crippen molar-refractivity contribution in [3.8, 4) is 11.5 Å². The lowest BCUT2D eigenvalue weighted by molar-refractivity contribution is -0.123. The van der Waals surface area contributed by atoms with Gasteiger partial charge in [-0.1, -0.05) is 66.4 Å². The van der Waals surface area contributed by atoms with Crippen molar-refractivity contribution in [3.05, 3.63) is 87.0 Å². The summed E-state index contributed by atoms with van der Waals surface area (Å²) in [4.78, 5) is 28.0. The maximum Gasteiger partial charge on any atom is 0.353 e. The molecule has 32 heavy (non-hydrogen) atoms. The van der Waals surface area contributed by atoms with Crippen LogP contribution >= 0.6 is 35.3 Å². The number of hydrogen-bond donors (Lipinski definition) is 0. The van der Waals surface area contributed by atoms with Gasteiger partial charge in [-0.25, -0.2) is 4.79 Å². The Labute approximate surface area is 199 Å². The smallest absolute Gasteiger partial charge is 0.353 e. The Morgan fingerprint density at radius 1 is 1.09 bits per heavy atom. The number of amides is 1. The minimum Gasteiger partial charge on any atom is -0.493 e. The highest BCUT2D eigenvalue weighted by molar-refractivity contribution is 8.26. The summed E-state index contributed by atoms with van der Waals surface area (Å²) in [7, 11) is 1.50. The highest BCUT2D eigenvalue weighted by Crippen LogP contribution is 2.39. The molecule has 1 fully saturated rings. The number of esters is 1. The number of rotatable bonds is 6. The molecule has 1 aliphatic rings. The highest BCUT2D eigenvalue weighted by Gasteiger charge is 2.35. The van der Waals surface area contributed by atoms with Crippen LogP contribution in [0.15, 0.2) is 70.9 Å². The summed E-state index contributed by atoms with van der Waals surface area (Å²) in [6, 6.07) is 18.3. The van der Waals surface area contributed by atoms with Crippen molar-refractivity contribution in [2.75, 3.05) is 7.11 Å². The van der Waals surface area contributed by atoms with Crippen molar-refractivity contribution in [3.63, 3.8) is 0 Å². The van der Waals surface area contributed by atoms with Crippen LogP contribution in [0.4, 0.5) is 0 Å². The van der Waals surface area contributed by atoms with Crippen molar-refractivity contribution < 1.29 is 19.1 Å². The molecule has 8 heteroatoms. The van der Waals surface area contributed by atoms with Crippen LogP contribution in [0.1, 0.15) is 33.8 Å². The number of methoxy groups -OCH3 is 1. The van der Waals surface area contributed by atoms with Gasteiger partial charge in [-0.05, 0) is 47.7 Å². The fourth-order valence-electron chi connectivity index (χ4n) is 3.25. The maximum absolute atomic E-state index is 13.1. The van der Waals surface area contributed by atoms with E-state index in [-0.39, 0.29) is 11.9 Å². The predicted octanol–water partition coefficient (Wildman–Crippen LogP) is 5.94. The van der Waals surface area contributed by atoms with Gasteiger partial charge in [0.15, 0.2) is 11.5 Å². The third-order valence-electron chi connectivity index (χ3n) is 4.90.